The smallest absolute Gasteiger partial charge is 0.321 e. The van der Waals surface area contributed by atoms with E-state index in [2.05, 4.69) is 15.4 Å². The lowest BCUT2D eigenvalue weighted by atomic mass is 10.0. The third-order valence-electron chi connectivity index (χ3n) is 6.68. The highest BCUT2D eigenvalue weighted by molar-refractivity contribution is 5.98. The number of benzene rings is 4. The van der Waals surface area contributed by atoms with Crippen LogP contribution < -0.4 is 15.0 Å². The molecule has 0 amide bonds. The summed E-state index contributed by atoms with van der Waals surface area (Å²) in [5.41, 5.74) is 6.29. The summed E-state index contributed by atoms with van der Waals surface area (Å²) in [7, 11) is 1.60. The summed E-state index contributed by atoms with van der Waals surface area (Å²) in [4.78, 5) is 26.0. The summed E-state index contributed by atoms with van der Waals surface area (Å²) in [6.07, 6.45) is 4.09. The molecule has 0 bridgehead atoms. The molecule has 0 atom stereocenters. The number of nitrogens with zero attached hydrogens (tertiary/aromatic N) is 3. The third-order valence-corrected chi connectivity index (χ3v) is 6.68. The minimum Gasteiger partial charge on any atom is -0.497 e. The van der Waals surface area contributed by atoms with Gasteiger partial charge < -0.3 is 18.9 Å². The predicted octanol–water partition coefficient (Wildman–Crippen LogP) is 6.62. The van der Waals surface area contributed by atoms with Crippen LogP contribution in [0.15, 0.2) is 103 Å². The third kappa shape index (κ3) is 5.41. The fourth-order valence-corrected chi connectivity index (χ4v) is 4.68. The molecule has 6 aromatic rings. The van der Waals surface area contributed by atoms with E-state index in [-0.39, 0.29) is 11.9 Å². The fraction of sp³-hybridized carbons (Fsp3) is 0.0625. The molecule has 0 saturated carbocycles. The molecule has 0 aliphatic heterocycles. The van der Waals surface area contributed by atoms with Crippen molar-refractivity contribution < 1.29 is 19.1 Å². The number of hydrogen-bond donors (Lipinski definition) is 2. The van der Waals surface area contributed by atoms with E-state index in [9.17, 15) is 4.79 Å². The van der Waals surface area contributed by atoms with Crippen molar-refractivity contribution >= 4 is 39.5 Å². The number of methoxy groups -OCH3 is 1. The predicted molar refractivity (Wildman–Crippen MR) is 157 cm³/mol. The molecule has 202 valence electrons. The number of aromatic nitrogens is 3. The van der Waals surface area contributed by atoms with Crippen molar-refractivity contribution in [2.45, 2.75) is 6.54 Å². The molecule has 0 radical (unpaired) electrons. The number of nitrogens with one attached hydrogen (secondary N) is 2. The number of hydrogen-bond acceptors (Lipinski definition) is 8. The van der Waals surface area contributed by atoms with E-state index in [0.717, 1.165) is 39.3 Å². The highest BCUT2D eigenvalue weighted by atomic mass is 16.7. The minimum absolute atomic E-state index is 0.0631. The number of aldehydes is 1. The normalized spacial score (nSPS) is 10.9. The maximum atomic E-state index is 12.1. The lowest BCUT2D eigenvalue weighted by Gasteiger charge is -2.14. The molecule has 0 unspecified atom stereocenters. The Morgan fingerprint density at radius 3 is 2.49 bits per heavy atom. The lowest BCUT2D eigenvalue weighted by Crippen LogP contribution is -2.11. The van der Waals surface area contributed by atoms with Crippen LogP contribution in [-0.4, -0.2) is 33.8 Å². The Morgan fingerprint density at radius 2 is 1.71 bits per heavy atom. The zero-order valence-electron chi connectivity index (χ0n) is 22.1. The first kappa shape index (κ1) is 25.6. The zero-order valence-corrected chi connectivity index (χ0v) is 22.1. The van der Waals surface area contributed by atoms with E-state index in [1.807, 2.05) is 59.2 Å². The van der Waals surface area contributed by atoms with Gasteiger partial charge in [0.25, 0.3) is 0 Å². The van der Waals surface area contributed by atoms with E-state index >= 15 is 0 Å². The van der Waals surface area contributed by atoms with Gasteiger partial charge in [-0.15, -0.1) is 0 Å². The first-order chi connectivity index (χ1) is 20.1. The van der Waals surface area contributed by atoms with Crippen LogP contribution in [-0.2, 0) is 11.4 Å². The quantitative estimate of drug-likeness (QED) is 0.0913. The molecular weight excluding hydrogens is 518 g/mol. The average molecular weight is 544 g/mol. The van der Waals surface area contributed by atoms with E-state index < -0.39 is 0 Å². The van der Waals surface area contributed by atoms with Gasteiger partial charge in [0.2, 0.25) is 5.90 Å². The number of carbonyl (C=O) groups excluding carboxylic acids is 1. The number of anilines is 1. The van der Waals surface area contributed by atoms with Gasteiger partial charge in [0.05, 0.1) is 18.5 Å². The zero-order chi connectivity index (χ0) is 28.2. The number of rotatable bonds is 9. The largest absolute Gasteiger partial charge is 0.497 e. The van der Waals surface area contributed by atoms with Gasteiger partial charge >= 0.3 is 6.01 Å². The molecule has 9 heteroatoms. The van der Waals surface area contributed by atoms with E-state index in [4.69, 9.17) is 19.7 Å². The Morgan fingerprint density at radius 1 is 0.902 bits per heavy atom. The lowest BCUT2D eigenvalue weighted by molar-refractivity contribution is 0.111. The Kier molecular flexibility index (Phi) is 6.98. The van der Waals surface area contributed by atoms with Crippen LogP contribution in [0.5, 0.6) is 17.5 Å². The van der Waals surface area contributed by atoms with Gasteiger partial charge in [-0.1, -0.05) is 30.3 Å². The Bertz CT molecular complexity index is 1870. The monoisotopic (exact) mass is 543 g/mol. The second kappa shape index (κ2) is 11.2. The highest BCUT2D eigenvalue weighted by Gasteiger charge is 2.15. The van der Waals surface area contributed by atoms with Gasteiger partial charge in [0.1, 0.15) is 11.5 Å². The first-order valence-electron chi connectivity index (χ1n) is 12.8. The van der Waals surface area contributed by atoms with Crippen molar-refractivity contribution in [3.05, 3.63) is 120 Å². The molecule has 0 spiro atoms. The molecular formula is C32H25N5O4. The van der Waals surface area contributed by atoms with Crippen LogP contribution >= 0.6 is 0 Å². The Labute approximate surface area is 235 Å². The van der Waals surface area contributed by atoms with Gasteiger partial charge in [-0.3, -0.25) is 10.2 Å². The minimum atomic E-state index is -0.0631. The van der Waals surface area contributed by atoms with Crippen LogP contribution in [0, 0.1) is 5.41 Å². The molecule has 0 fully saturated rings. The molecule has 2 heterocycles. The van der Waals surface area contributed by atoms with Gasteiger partial charge in [-0.2, -0.15) is 0 Å². The Hall–Kier alpha value is -5.70. The van der Waals surface area contributed by atoms with Gasteiger partial charge in [0, 0.05) is 35.4 Å². The van der Waals surface area contributed by atoms with Crippen molar-refractivity contribution in [2.75, 3.05) is 12.6 Å². The molecule has 41 heavy (non-hydrogen) atoms. The average Bonchev–Trinajstić information content (AvgIpc) is 3.37. The summed E-state index contributed by atoms with van der Waals surface area (Å²) in [6.45, 7) is 0.396. The molecule has 9 nitrogen and oxygen atoms in total. The molecule has 0 saturated heterocycles. The van der Waals surface area contributed by atoms with Crippen LogP contribution in [0.1, 0.15) is 21.6 Å². The second-order valence-electron chi connectivity index (χ2n) is 9.25. The van der Waals surface area contributed by atoms with E-state index in [0.29, 0.717) is 29.2 Å². The first-order valence-corrected chi connectivity index (χ1v) is 12.8. The summed E-state index contributed by atoms with van der Waals surface area (Å²) in [5, 5.41) is 11.4. The summed E-state index contributed by atoms with van der Waals surface area (Å²) in [5.74, 6) is 1.25. The van der Waals surface area contributed by atoms with Gasteiger partial charge in [0.15, 0.2) is 6.29 Å². The van der Waals surface area contributed by atoms with Gasteiger partial charge in [-0.05, 0) is 77.0 Å². The molecule has 2 N–H and O–H groups in total. The van der Waals surface area contributed by atoms with Crippen molar-refractivity contribution in [2.24, 2.45) is 0 Å². The van der Waals surface area contributed by atoms with Crippen LogP contribution in [0.3, 0.4) is 0 Å². The summed E-state index contributed by atoms with van der Waals surface area (Å²) < 4.78 is 13.1. The summed E-state index contributed by atoms with van der Waals surface area (Å²) >= 11 is 0. The number of carbonyl (C=O) groups is 1. The highest BCUT2D eigenvalue weighted by Crippen LogP contribution is 2.30. The van der Waals surface area contributed by atoms with Crippen molar-refractivity contribution in [3.63, 3.8) is 0 Å². The van der Waals surface area contributed by atoms with Crippen molar-refractivity contribution in [1.29, 1.82) is 5.41 Å². The topological polar surface area (TPSA) is 111 Å². The van der Waals surface area contributed by atoms with Crippen LogP contribution in [0.25, 0.3) is 21.7 Å². The molecule has 6 rings (SSSR count). The van der Waals surface area contributed by atoms with Crippen LogP contribution in [0.4, 0.5) is 5.69 Å². The standard InChI is InChI=1S/C32H25N5O4/c1-39-27-11-9-25(10-12-27)36-41-31(33)23-8-7-22-15-26(20-38)37(30(22)18-23)19-24-17-28(40-32-34-13-4-14-35-32)16-21-5-2-3-6-29(21)24/h2-18,20,33,36H,19H2,1H3. The van der Waals surface area contributed by atoms with Crippen molar-refractivity contribution in [1.82, 2.24) is 14.5 Å². The molecule has 0 aliphatic carbocycles. The van der Waals surface area contributed by atoms with E-state index in [1.165, 1.54) is 0 Å². The number of ether oxygens (including phenoxy) is 2. The van der Waals surface area contributed by atoms with E-state index in [1.54, 1.807) is 55.9 Å². The molecule has 4 aromatic carbocycles. The Balaban J connectivity index is 1.32. The maximum absolute atomic E-state index is 12.1. The van der Waals surface area contributed by atoms with Crippen molar-refractivity contribution in [3.8, 4) is 17.5 Å². The maximum Gasteiger partial charge on any atom is 0.321 e. The van der Waals surface area contributed by atoms with Gasteiger partial charge in [-0.25, -0.2) is 15.4 Å². The second-order valence-corrected chi connectivity index (χ2v) is 9.25. The molecule has 2 aromatic heterocycles. The summed E-state index contributed by atoms with van der Waals surface area (Å²) in [6, 6.07) is 28.4. The fourth-order valence-electron chi connectivity index (χ4n) is 4.68. The number of fused-ring (bicyclic) bond motifs is 2. The SMILES string of the molecule is COc1ccc(NOC(=N)c2ccc3cc(C=O)n(Cc4cc(Oc5ncccn5)cc5ccccc45)c3c2)cc1. The van der Waals surface area contributed by atoms with Crippen LogP contribution in [0.2, 0.25) is 0 Å². The molecule has 0 aliphatic rings.